The van der Waals surface area contributed by atoms with Crippen molar-refractivity contribution in [3.05, 3.63) is 11.7 Å². The van der Waals surface area contributed by atoms with Gasteiger partial charge in [0.1, 0.15) is 5.54 Å². The molecule has 1 fully saturated rings. The molecule has 1 saturated carbocycles. The van der Waals surface area contributed by atoms with Crippen LogP contribution < -0.4 is 5.32 Å². The molecule has 1 aromatic heterocycles. The van der Waals surface area contributed by atoms with Gasteiger partial charge < -0.3 is 14.9 Å². The number of carbonyl (C=O) groups excluding carboxylic acids is 1. The highest BCUT2D eigenvalue weighted by atomic mass is 16.5. The topological polar surface area (TPSA) is 105 Å². The zero-order valence-electron chi connectivity index (χ0n) is 11.0. The predicted octanol–water partition coefficient (Wildman–Crippen LogP) is 1.14. The first-order chi connectivity index (χ1) is 8.93. The van der Waals surface area contributed by atoms with Crippen molar-refractivity contribution in [3.8, 4) is 0 Å². The zero-order valence-corrected chi connectivity index (χ0v) is 11.0. The third-order valence-electron chi connectivity index (χ3n) is 3.49. The van der Waals surface area contributed by atoms with E-state index in [1.165, 1.54) is 0 Å². The Bertz CT molecular complexity index is 499. The average Bonchev–Trinajstić information content (AvgIpc) is 2.75. The quantitative estimate of drug-likeness (QED) is 0.850. The van der Waals surface area contributed by atoms with Gasteiger partial charge in [-0.05, 0) is 18.8 Å². The van der Waals surface area contributed by atoms with Crippen LogP contribution in [0, 0.1) is 12.8 Å². The normalized spacial score (nSPS) is 26.9. The van der Waals surface area contributed by atoms with Gasteiger partial charge in [-0.3, -0.25) is 4.79 Å². The summed E-state index contributed by atoms with van der Waals surface area (Å²) < 4.78 is 4.72. The fourth-order valence-corrected chi connectivity index (χ4v) is 2.58. The van der Waals surface area contributed by atoms with Crippen LogP contribution in [0.4, 0.5) is 0 Å². The molecule has 7 nitrogen and oxygen atoms in total. The average molecular weight is 267 g/mol. The van der Waals surface area contributed by atoms with Crippen LogP contribution in [-0.4, -0.2) is 32.7 Å². The number of aliphatic carboxylic acids is 1. The number of nitrogens with one attached hydrogen (secondary N) is 1. The van der Waals surface area contributed by atoms with Gasteiger partial charge in [-0.2, -0.15) is 4.98 Å². The monoisotopic (exact) mass is 267 g/mol. The summed E-state index contributed by atoms with van der Waals surface area (Å²) in [6.07, 6.45) is 2.60. The lowest BCUT2D eigenvalue weighted by molar-refractivity contribution is -0.146. The maximum atomic E-state index is 12.0. The van der Waals surface area contributed by atoms with Crippen molar-refractivity contribution in [1.29, 1.82) is 0 Å². The third-order valence-corrected chi connectivity index (χ3v) is 3.49. The van der Waals surface area contributed by atoms with Crippen molar-refractivity contribution in [2.45, 2.75) is 45.1 Å². The largest absolute Gasteiger partial charge is 0.480 e. The van der Waals surface area contributed by atoms with Gasteiger partial charge in [0, 0.05) is 6.92 Å². The summed E-state index contributed by atoms with van der Waals surface area (Å²) in [7, 11) is 0. The minimum atomic E-state index is -1.22. The smallest absolute Gasteiger partial charge is 0.329 e. The standard InChI is InChI=1S/C12H17N3O4/c1-7-4-3-5-12(6-7,11(17)18)14-10(16)9-13-8(2)19-15-9/h7H,3-6H2,1-2H3,(H,14,16)(H,17,18). The number of hydrogen-bond donors (Lipinski definition) is 2. The van der Waals surface area contributed by atoms with Crippen LogP contribution in [0.2, 0.25) is 0 Å². The van der Waals surface area contributed by atoms with Gasteiger partial charge in [-0.15, -0.1) is 0 Å². The molecule has 1 aliphatic rings. The molecule has 0 bridgehead atoms. The van der Waals surface area contributed by atoms with Gasteiger partial charge in [0.25, 0.3) is 11.7 Å². The number of aromatic nitrogens is 2. The fourth-order valence-electron chi connectivity index (χ4n) is 2.58. The SMILES string of the molecule is Cc1nc(C(=O)NC2(C(=O)O)CCCC(C)C2)no1. The van der Waals surface area contributed by atoms with E-state index in [1.54, 1.807) is 6.92 Å². The summed E-state index contributed by atoms with van der Waals surface area (Å²) in [5, 5.41) is 15.5. The van der Waals surface area contributed by atoms with Crippen LogP contribution in [0.15, 0.2) is 4.52 Å². The van der Waals surface area contributed by atoms with Crippen molar-refractivity contribution >= 4 is 11.9 Å². The summed E-state index contributed by atoms with van der Waals surface area (Å²) in [4.78, 5) is 27.3. The molecule has 2 atom stereocenters. The Balaban J connectivity index is 2.17. The summed E-state index contributed by atoms with van der Waals surface area (Å²) >= 11 is 0. The number of hydrogen-bond acceptors (Lipinski definition) is 5. The number of rotatable bonds is 3. The van der Waals surface area contributed by atoms with Crippen LogP contribution in [0.5, 0.6) is 0 Å². The first-order valence-electron chi connectivity index (χ1n) is 6.29. The highest BCUT2D eigenvalue weighted by molar-refractivity contribution is 5.95. The Morgan fingerprint density at radius 2 is 2.26 bits per heavy atom. The molecular formula is C12H17N3O4. The van der Waals surface area contributed by atoms with E-state index in [9.17, 15) is 14.7 Å². The Labute approximate surface area is 110 Å². The lowest BCUT2D eigenvalue weighted by Crippen LogP contribution is -2.57. The van der Waals surface area contributed by atoms with Crippen LogP contribution in [0.1, 0.15) is 49.1 Å². The number of aryl methyl sites for hydroxylation is 1. The lowest BCUT2D eigenvalue weighted by atomic mass is 9.76. The first kappa shape index (κ1) is 13.5. The van der Waals surface area contributed by atoms with E-state index in [-0.39, 0.29) is 17.6 Å². The van der Waals surface area contributed by atoms with Crippen molar-refractivity contribution in [3.63, 3.8) is 0 Å². The molecule has 2 N–H and O–H groups in total. The van der Waals surface area contributed by atoms with Crippen LogP contribution >= 0.6 is 0 Å². The zero-order chi connectivity index (χ0) is 14.0. The fraction of sp³-hybridized carbons (Fsp3) is 0.667. The predicted molar refractivity (Wildman–Crippen MR) is 64.5 cm³/mol. The molecular weight excluding hydrogens is 250 g/mol. The van der Waals surface area contributed by atoms with Gasteiger partial charge in [-0.1, -0.05) is 24.9 Å². The van der Waals surface area contributed by atoms with Crippen molar-refractivity contribution in [2.75, 3.05) is 0 Å². The summed E-state index contributed by atoms with van der Waals surface area (Å²) in [5.41, 5.74) is -1.22. The van der Waals surface area contributed by atoms with E-state index in [4.69, 9.17) is 4.52 Å². The summed E-state index contributed by atoms with van der Waals surface area (Å²) in [6.45, 7) is 3.56. The second kappa shape index (κ2) is 4.99. The van der Waals surface area contributed by atoms with Gasteiger partial charge in [-0.25, -0.2) is 4.79 Å². The summed E-state index contributed by atoms with van der Waals surface area (Å²) in [6, 6.07) is 0. The highest BCUT2D eigenvalue weighted by Crippen LogP contribution is 2.32. The Morgan fingerprint density at radius 3 is 2.79 bits per heavy atom. The first-order valence-corrected chi connectivity index (χ1v) is 6.29. The molecule has 19 heavy (non-hydrogen) atoms. The van der Waals surface area contributed by atoms with Crippen LogP contribution in [-0.2, 0) is 4.79 Å². The number of carboxylic acid groups (broad SMARTS) is 1. The molecule has 0 saturated heterocycles. The molecule has 1 amide bonds. The maximum Gasteiger partial charge on any atom is 0.329 e. The molecule has 0 spiro atoms. The Hall–Kier alpha value is -1.92. The van der Waals surface area contributed by atoms with E-state index in [0.29, 0.717) is 12.8 Å². The molecule has 104 valence electrons. The van der Waals surface area contributed by atoms with E-state index in [0.717, 1.165) is 12.8 Å². The van der Waals surface area contributed by atoms with Crippen LogP contribution in [0.3, 0.4) is 0 Å². The van der Waals surface area contributed by atoms with E-state index >= 15 is 0 Å². The number of nitrogens with zero attached hydrogens (tertiary/aromatic N) is 2. The minimum absolute atomic E-state index is 0.128. The van der Waals surface area contributed by atoms with Gasteiger partial charge in [0.2, 0.25) is 5.89 Å². The molecule has 1 aromatic rings. The number of carboxylic acids is 1. The van der Waals surface area contributed by atoms with Crippen molar-refractivity contribution in [1.82, 2.24) is 15.5 Å². The molecule has 7 heteroatoms. The van der Waals surface area contributed by atoms with Crippen molar-refractivity contribution in [2.24, 2.45) is 5.92 Å². The number of carbonyl (C=O) groups is 2. The van der Waals surface area contributed by atoms with E-state index < -0.39 is 17.4 Å². The van der Waals surface area contributed by atoms with Gasteiger partial charge in [0.15, 0.2) is 0 Å². The number of amides is 1. The summed E-state index contributed by atoms with van der Waals surface area (Å²) in [5.74, 6) is -1.21. The highest BCUT2D eigenvalue weighted by Gasteiger charge is 2.43. The molecule has 2 rings (SSSR count). The Kier molecular flexibility index (Phi) is 3.55. The van der Waals surface area contributed by atoms with E-state index in [1.807, 2.05) is 6.92 Å². The molecule has 0 aliphatic heterocycles. The molecule has 0 aromatic carbocycles. The minimum Gasteiger partial charge on any atom is -0.480 e. The van der Waals surface area contributed by atoms with Crippen molar-refractivity contribution < 1.29 is 19.2 Å². The second-order valence-electron chi connectivity index (χ2n) is 5.18. The third kappa shape index (κ3) is 2.74. The van der Waals surface area contributed by atoms with Gasteiger partial charge >= 0.3 is 5.97 Å². The maximum absolute atomic E-state index is 12.0. The molecule has 2 unspecified atom stereocenters. The van der Waals surface area contributed by atoms with Crippen LogP contribution in [0.25, 0.3) is 0 Å². The lowest BCUT2D eigenvalue weighted by Gasteiger charge is -2.36. The van der Waals surface area contributed by atoms with E-state index in [2.05, 4.69) is 15.5 Å². The molecule has 0 radical (unpaired) electrons. The van der Waals surface area contributed by atoms with Gasteiger partial charge in [0.05, 0.1) is 0 Å². The molecule has 1 aliphatic carbocycles. The Morgan fingerprint density at radius 1 is 1.53 bits per heavy atom. The second-order valence-corrected chi connectivity index (χ2v) is 5.18. The molecule has 1 heterocycles.